The summed E-state index contributed by atoms with van der Waals surface area (Å²) in [6, 6.07) is 6.63. The summed E-state index contributed by atoms with van der Waals surface area (Å²) in [4.78, 5) is 0. The van der Waals surface area contributed by atoms with Gasteiger partial charge in [0.2, 0.25) is 0 Å². The van der Waals surface area contributed by atoms with Gasteiger partial charge in [-0.3, -0.25) is 0 Å². The molecule has 0 fully saturated rings. The molecular weight excluding hydrogens is 234 g/mol. The molecule has 0 amide bonds. The predicted octanol–water partition coefficient (Wildman–Crippen LogP) is 3.72. The monoisotopic (exact) mass is 261 g/mol. The maximum Gasteiger partial charge on any atom is 0.120 e. The molecule has 0 aliphatic heterocycles. The van der Waals surface area contributed by atoms with Gasteiger partial charge in [0.25, 0.3) is 0 Å². The minimum atomic E-state index is -0.155. The first-order valence-corrected chi connectivity index (χ1v) is 7.62. The minimum absolute atomic E-state index is 0.155. The zero-order valence-corrected chi connectivity index (χ0v) is 12.6. The molecule has 0 saturated heterocycles. The van der Waals surface area contributed by atoms with Gasteiger partial charge in [-0.1, -0.05) is 13.0 Å². The summed E-state index contributed by atoms with van der Waals surface area (Å²) in [6.45, 7) is 8.42. The van der Waals surface area contributed by atoms with E-state index < -0.39 is 0 Å². The third-order valence-corrected chi connectivity index (χ3v) is 3.69. The van der Waals surface area contributed by atoms with Crippen LogP contribution in [0.25, 0.3) is 0 Å². The first kappa shape index (κ1) is 14.4. The average Bonchev–Trinajstić information content (AvgIpc) is 2.38. The fourth-order valence-electron chi connectivity index (χ4n) is 2.69. The second-order valence-corrected chi connectivity index (χ2v) is 6.18. The van der Waals surface area contributed by atoms with Crippen LogP contribution in [-0.4, -0.2) is 18.7 Å². The molecule has 0 unspecified atom stereocenters. The molecule has 2 rings (SSSR count). The molecule has 1 aliphatic carbocycles. The Morgan fingerprint density at radius 1 is 1.16 bits per heavy atom. The molecular formula is C17H27NO. The maximum atomic E-state index is 6.15. The number of hydrogen-bond donors (Lipinski definition) is 1. The lowest BCUT2D eigenvalue weighted by Crippen LogP contribution is -2.40. The van der Waals surface area contributed by atoms with E-state index in [0.717, 1.165) is 25.3 Å². The van der Waals surface area contributed by atoms with E-state index in [1.54, 1.807) is 0 Å². The predicted molar refractivity (Wildman–Crippen MR) is 81.0 cm³/mol. The van der Waals surface area contributed by atoms with E-state index in [1.165, 1.54) is 36.8 Å². The summed E-state index contributed by atoms with van der Waals surface area (Å²) in [7, 11) is 0. The van der Waals surface area contributed by atoms with Gasteiger partial charge in [-0.25, -0.2) is 0 Å². The molecule has 0 saturated carbocycles. The SMILES string of the molecule is CCCNCC(C)(C)Oc1ccc2c(c1)CCCC2. The molecule has 1 N–H and O–H groups in total. The molecule has 19 heavy (non-hydrogen) atoms. The topological polar surface area (TPSA) is 21.3 Å². The van der Waals surface area contributed by atoms with Crippen molar-refractivity contribution >= 4 is 0 Å². The van der Waals surface area contributed by atoms with Crippen molar-refractivity contribution in [2.24, 2.45) is 0 Å². The molecule has 0 aromatic heterocycles. The van der Waals surface area contributed by atoms with Crippen LogP contribution in [0.2, 0.25) is 0 Å². The van der Waals surface area contributed by atoms with E-state index in [9.17, 15) is 0 Å². The van der Waals surface area contributed by atoms with E-state index in [-0.39, 0.29) is 5.60 Å². The molecule has 0 atom stereocenters. The minimum Gasteiger partial charge on any atom is -0.487 e. The van der Waals surface area contributed by atoms with Crippen molar-refractivity contribution in [3.63, 3.8) is 0 Å². The Kier molecular flexibility index (Phi) is 4.87. The van der Waals surface area contributed by atoms with Crippen LogP contribution < -0.4 is 10.1 Å². The fourth-order valence-corrected chi connectivity index (χ4v) is 2.69. The van der Waals surface area contributed by atoms with Crippen molar-refractivity contribution in [1.29, 1.82) is 0 Å². The summed E-state index contributed by atoms with van der Waals surface area (Å²) >= 11 is 0. The Morgan fingerprint density at radius 3 is 2.63 bits per heavy atom. The molecule has 1 aliphatic rings. The molecule has 106 valence electrons. The van der Waals surface area contributed by atoms with Crippen LogP contribution >= 0.6 is 0 Å². The van der Waals surface area contributed by atoms with E-state index in [1.807, 2.05) is 0 Å². The van der Waals surface area contributed by atoms with Crippen molar-refractivity contribution in [3.8, 4) is 5.75 Å². The molecule has 0 bridgehead atoms. The van der Waals surface area contributed by atoms with Gasteiger partial charge in [0.05, 0.1) is 0 Å². The van der Waals surface area contributed by atoms with E-state index in [0.29, 0.717) is 0 Å². The molecule has 0 radical (unpaired) electrons. The molecule has 0 heterocycles. The quantitative estimate of drug-likeness (QED) is 0.788. The van der Waals surface area contributed by atoms with Crippen molar-refractivity contribution in [2.45, 2.75) is 58.5 Å². The number of aryl methyl sites for hydroxylation is 2. The third-order valence-electron chi connectivity index (χ3n) is 3.69. The number of rotatable bonds is 6. The Morgan fingerprint density at radius 2 is 1.89 bits per heavy atom. The fraction of sp³-hybridized carbons (Fsp3) is 0.647. The number of fused-ring (bicyclic) bond motifs is 1. The molecule has 1 aromatic carbocycles. The highest BCUT2D eigenvalue weighted by Crippen LogP contribution is 2.27. The first-order chi connectivity index (χ1) is 9.11. The first-order valence-electron chi connectivity index (χ1n) is 7.62. The van der Waals surface area contributed by atoms with Gasteiger partial charge in [0.15, 0.2) is 0 Å². The second kappa shape index (κ2) is 6.42. The lowest BCUT2D eigenvalue weighted by molar-refractivity contribution is 0.108. The largest absolute Gasteiger partial charge is 0.487 e. The van der Waals surface area contributed by atoms with Crippen LogP contribution in [0.1, 0.15) is 51.2 Å². The Balaban J connectivity index is 1.98. The maximum absolute atomic E-state index is 6.15. The van der Waals surface area contributed by atoms with Crippen LogP contribution in [0.4, 0.5) is 0 Å². The number of benzene rings is 1. The molecule has 1 aromatic rings. The number of nitrogens with one attached hydrogen (secondary N) is 1. The summed E-state index contributed by atoms with van der Waals surface area (Å²) in [5.74, 6) is 1.02. The summed E-state index contributed by atoms with van der Waals surface area (Å²) in [5, 5.41) is 3.43. The Bertz CT molecular complexity index is 412. The zero-order chi connectivity index (χ0) is 13.7. The van der Waals surface area contributed by atoms with E-state index in [4.69, 9.17) is 4.74 Å². The lowest BCUT2D eigenvalue weighted by Gasteiger charge is -2.28. The average molecular weight is 261 g/mol. The highest BCUT2D eigenvalue weighted by atomic mass is 16.5. The zero-order valence-electron chi connectivity index (χ0n) is 12.6. The van der Waals surface area contributed by atoms with Gasteiger partial charge in [-0.15, -0.1) is 0 Å². The lowest BCUT2D eigenvalue weighted by atomic mass is 9.91. The Hall–Kier alpha value is -1.02. The van der Waals surface area contributed by atoms with Crippen LogP contribution in [-0.2, 0) is 12.8 Å². The summed E-state index contributed by atoms with van der Waals surface area (Å²) < 4.78 is 6.15. The molecule has 0 spiro atoms. The van der Waals surface area contributed by atoms with Gasteiger partial charge < -0.3 is 10.1 Å². The van der Waals surface area contributed by atoms with Gasteiger partial charge in [-0.05, 0) is 75.8 Å². The van der Waals surface area contributed by atoms with Gasteiger partial charge >= 0.3 is 0 Å². The number of hydrogen-bond acceptors (Lipinski definition) is 2. The van der Waals surface area contributed by atoms with Crippen LogP contribution in [0.15, 0.2) is 18.2 Å². The highest BCUT2D eigenvalue weighted by molar-refractivity contribution is 5.37. The summed E-state index contributed by atoms with van der Waals surface area (Å²) in [5.41, 5.74) is 2.85. The van der Waals surface area contributed by atoms with Gasteiger partial charge in [0.1, 0.15) is 11.4 Å². The van der Waals surface area contributed by atoms with E-state index >= 15 is 0 Å². The standard InChI is InChI=1S/C17H27NO/c1-4-11-18-13-17(2,3)19-16-10-9-14-7-5-6-8-15(14)12-16/h9-10,12,18H,4-8,11,13H2,1-3H3. The van der Waals surface area contributed by atoms with Crippen molar-refractivity contribution in [2.75, 3.05) is 13.1 Å². The van der Waals surface area contributed by atoms with E-state index in [2.05, 4.69) is 44.3 Å². The van der Waals surface area contributed by atoms with Gasteiger partial charge in [-0.2, -0.15) is 0 Å². The van der Waals surface area contributed by atoms with Gasteiger partial charge in [0, 0.05) is 6.54 Å². The normalized spacial score (nSPS) is 15.1. The Labute approximate surface area is 117 Å². The smallest absolute Gasteiger partial charge is 0.120 e. The van der Waals surface area contributed by atoms with Crippen LogP contribution in [0, 0.1) is 0 Å². The van der Waals surface area contributed by atoms with Crippen molar-refractivity contribution in [3.05, 3.63) is 29.3 Å². The second-order valence-electron chi connectivity index (χ2n) is 6.18. The van der Waals surface area contributed by atoms with Crippen LogP contribution in [0.5, 0.6) is 5.75 Å². The van der Waals surface area contributed by atoms with Crippen molar-refractivity contribution in [1.82, 2.24) is 5.32 Å². The molecule has 2 heteroatoms. The summed E-state index contributed by atoms with van der Waals surface area (Å²) in [6.07, 6.45) is 6.25. The van der Waals surface area contributed by atoms with Crippen molar-refractivity contribution < 1.29 is 4.74 Å². The number of ether oxygens (including phenoxy) is 1. The third kappa shape index (κ3) is 4.24. The molecule has 2 nitrogen and oxygen atoms in total. The van der Waals surface area contributed by atoms with Crippen LogP contribution in [0.3, 0.4) is 0 Å². The highest BCUT2D eigenvalue weighted by Gasteiger charge is 2.20.